The van der Waals surface area contributed by atoms with Crippen LogP contribution in [0.3, 0.4) is 0 Å². The molecule has 0 amide bonds. The predicted octanol–water partition coefficient (Wildman–Crippen LogP) is 18.6. The van der Waals surface area contributed by atoms with E-state index >= 15 is 0 Å². The number of anilines is 6. The van der Waals surface area contributed by atoms with Gasteiger partial charge in [-0.25, -0.2) is 0 Å². The third kappa shape index (κ3) is 6.22. The quantitative estimate of drug-likeness (QED) is 0.150. The summed E-state index contributed by atoms with van der Waals surface area (Å²) in [7, 11) is 0. The maximum atomic E-state index is 2.54. The third-order valence-corrected chi connectivity index (χ3v) is 15.9. The van der Waals surface area contributed by atoms with Gasteiger partial charge in [-0.3, -0.25) is 0 Å². The largest absolute Gasteiger partial charge is 0.310 e. The maximum Gasteiger partial charge on any atom is 0.0727 e. The number of hydrogen-bond acceptors (Lipinski definition) is 2. The van der Waals surface area contributed by atoms with Crippen LogP contribution in [0.1, 0.15) is 47.2 Å². The number of fused-ring (bicyclic) bond motifs is 13. The van der Waals surface area contributed by atoms with Crippen LogP contribution in [-0.4, -0.2) is 0 Å². The van der Waals surface area contributed by atoms with Crippen LogP contribution in [0.4, 0.5) is 34.1 Å². The van der Waals surface area contributed by atoms with Crippen molar-refractivity contribution in [3.8, 4) is 55.6 Å². The van der Waals surface area contributed by atoms with Crippen LogP contribution in [0.2, 0.25) is 0 Å². The Kier molecular flexibility index (Phi) is 9.50. The molecule has 0 aromatic heterocycles. The minimum absolute atomic E-state index is 0.165. The van der Waals surface area contributed by atoms with E-state index in [0.717, 1.165) is 34.1 Å². The van der Waals surface area contributed by atoms with Gasteiger partial charge in [0.2, 0.25) is 0 Å². The first kappa shape index (κ1) is 41.9. The van der Waals surface area contributed by atoms with Crippen LogP contribution in [0.25, 0.3) is 55.6 Å². The van der Waals surface area contributed by atoms with Crippen LogP contribution in [0.15, 0.2) is 267 Å². The first-order valence-corrected chi connectivity index (χ1v) is 25.2. The molecule has 2 nitrogen and oxygen atoms in total. The topological polar surface area (TPSA) is 6.48 Å². The lowest BCUT2D eigenvalue weighted by Crippen LogP contribution is -2.26. The van der Waals surface area contributed by atoms with Crippen molar-refractivity contribution in [3.05, 3.63) is 300 Å². The van der Waals surface area contributed by atoms with E-state index in [9.17, 15) is 0 Å². The zero-order chi connectivity index (χ0) is 48.0. The molecule has 340 valence electrons. The average Bonchev–Trinajstić information content (AvgIpc) is 4.01. The number of benzene rings is 11. The van der Waals surface area contributed by atoms with Crippen molar-refractivity contribution >= 4 is 34.1 Å². The summed E-state index contributed by atoms with van der Waals surface area (Å²) in [6, 6.07) is 99.1. The van der Waals surface area contributed by atoms with Crippen molar-refractivity contribution < 1.29 is 0 Å². The van der Waals surface area contributed by atoms with Gasteiger partial charge >= 0.3 is 0 Å². The fourth-order valence-corrected chi connectivity index (χ4v) is 12.7. The predicted molar refractivity (Wildman–Crippen MR) is 301 cm³/mol. The van der Waals surface area contributed by atoms with Crippen LogP contribution in [0, 0.1) is 0 Å². The van der Waals surface area contributed by atoms with E-state index in [1.807, 2.05) is 0 Å². The monoisotopic (exact) mass is 918 g/mol. The highest BCUT2D eigenvalue weighted by atomic mass is 15.2. The van der Waals surface area contributed by atoms with Gasteiger partial charge in [0.15, 0.2) is 0 Å². The molecule has 1 spiro atoms. The van der Waals surface area contributed by atoms with Crippen molar-refractivity contribution in [3.63, 3.8) is 0 Å². The van der Waals surface area contributed by atoms with Gasteiger partial charge in [0, 0.05) is 39.4 Å². The Morgan fingerprint density at radius 1 is 0.250 bits per heavy atom. The molecular weight excluding hydrogens is 869 g/mol. The minimum Gasteiger partial charge on any atom is -0.310 e. The first-order valence-electron chi connectivity index (χ1n) is 25.2. The summed E-state index contributed by atoms with van der Waals surface area (Å²) >= 11 is 0. The van der Waals surface area contributed by atoms with Crippen molar-refractivity contribution in [2.45, 2.75) is 24.7 Å². The molecule has 1 atom stereocenters. The summed E-state index contributed by atoms with van der Waals surface area (Å²) in [5.74, 6) is 0. The molecule has 2 heteroatoms. The van der Waals surface area contributed by atoms with Crippen molar-refractivity contribution in [1.82, 2.24) is 0 Å². The lowest BCUT2D eigenvalue weighted by atomic mass is 9.70. The second-order valence-corrected chi connectivity index (χ2v) is 20.0. The van der Waals surface area contributed by atoms with Crippen LogP contribution >= 0.6 is 0 Å². The van der Waals surface area contributed by atoms with E-state index in [1.165, 1.54) is 89.0 Å². The second kappa shape index (κ2) is 16.3. The number of para-hydroxylation sites is 1. The molecule has 0 heterocycles. The molecule has 0 aliphatic heterocycles. The minimum atomic E-state index is -0.595. The van der Waals surface area contributed by atoms with Crippen LogP contribution < -0.4 is 9.80 Å². The summed E-state index contributed by atoms with van der Waals surface area (Å²) in [5, 5.41) is 0. The lowest BCUT2D eigenvalue weighted by molar-refractivity contribution is 0.660. The first-order chi connectivity index (χ1) is 35.5. The zero-order valence-corrected chi connectivity index (χ0v) is 40.3. The Balaban J connectivity index is 1.00. The average molecular weight is 919 g/mol. The van der Waals surface area contributed by atoms with E-state index in [2.05, 4.69) is 291 Å². The highest BCUT2D eigenvalue weighted by Gasteiger charge is 2.53. The molecule has 0 saturated carbocycles. The summed E-state index contributed by atoms with van der Waals surface area (Å²) in [6.07, 6.45) is 0. The van der Waals surface area contributed by atoms with E-state index in [0.29, 0.717) is 0 Å². The fourth-order valence-electron chi connectivity index (χ4n) is 12.7. The number of rotatable bonds is 8. The molecule has 3 aliphatic rings. The highest BCUT2D eigenvalue weighted by molar-refractivity contribution is 6.02. The van der Waals surface area contributed by atoms with Gasteiger partial charge in [-0.05, 0) is 150 Å². The Hall–Kier alpha value is -8.98. The van der Waals surface area contributed by atoms with Gasteiger partial charge in [-0.15, -0.1) is 0 Å². The van der Waals surface area contributed by atoms with E-state index in [-0.39, 0.29) is 5.41 Å². The lowest BCUT2D eigenvalue weighted by Gasteiger charge is -2.33. The Morgan fingerprint density at radius 2 is 0.667 bits per heavy atom. The third-order valence-electron chi connectivity index (χ3n) is 15.9. The smallest absolute Gasteiger partial charge is 0.0727 e. The molecule has 0 saturated heterocycles. The second-order valence-electron chi connectivity index (χ2n) is 20.0. The standard InChI is InChI=1S/C70H50N2/c1-69(2)61-31-15-12-28-56(61)58-42-41-55(45-65(58)69)72(53-27-18-24-50(44-53)48-22-8-4-9-23-48)67-35-19-34-64-68(67)60-30-14-17-33-63(60)70(64)62-32-16-13-29-57(62)59-43-40-54(46-66(59)70)71(51-25-10-5-11-26-51)52-38-36-49(37-39-52)47-20-6-3-7-21-47/h3-46H,1-2H3. The molecular formula is C70H50N2. The zero-order valence-electron chi connectivity index (χ0n) is 40.3. The molecule has 11 aromatic rings. The van der Waals surface area contributed by atoms with Gasteiger partial charge in [0.05, 0.1) is 11.1 Å². The summed E-state index contributed by atoms with van der Waals surface area (Å²) in [5.41, 5.74) is 26.4. The Morgan fingerprint density at radius 3 is 1.36 bits per heavy atom. The van der Waals surface area contributed by atoms with Gasteiger partial charge in [-0.2, -0.15) is 0 Å². The molecule has 0 bridgehead atoms. The molecule has 14 rings (SSSR count). The number of nitrogens with zero attached hydrogens (tertiary/aromatic N) is 2. The van der Waals surface area contributed by atoms with Crippen molar-refractivity contribution in [2.75, 3.05) is 9.80 Å². The van der Waals surface area contributed by atoms with Crippen molar-refractivity contribution in [1.29, 1.82) is 0 Å². The van der Waals surface area contributed by atoms with E-state index in [1.54, 1.807) is 0 Å². The SMILES string of the molecule is CC1(C)c2ccccc2-c2ccc(N(c3cccc(-c4ccccc4)c3)c3cccc4c3-c3ccccc3C43c4ccccc4-c4ccc(N(c5ccccc5)c5ccc(-c6ccccc6)cc5)cc43)cc21. The summed E-state index contributed by atoms with van der Waals surface area (Å²) in [4.78, 5) is 4.95. The van der Waals surface area contributed by atoms with Crippen molar-refractivity contribution in [2.24, 2.45) is 0 Å². The van der Waals surface area contributed by atoms with Gasteiger partial charge in [0.1, 0.15) is 0 Å². The van der Waals surface area contributed by atoms with E-state index in [4.69, 9.17) is 0 Å². The summed E-state index contributed by atoms with van der Waals surface area (Å²) in [6.45, 7) is 4.76. The normalized spacial score (nSPS) is 15.0. The van der Waals surface area contributed by atoms with Gasteiger partial charge in [0.25, 0.3) is 0 Å². The van der Waals surface area contributed by atoms with Gasteiger partial charge < -0.3 is 9.80 Å². The summed E-state index contributed by atoms with van der Waals surface area (Å²) < 4.78 is 0. The Bertz CT molecular complexity index is 3890. The Labute approximate surface area is 422 Å². The number of hydrogen-bond donors (Lipinski definition) is 0. The molecule has 0 N–H and O–H groups in total. The van der Waals surface area contributed by atoms with E-state index < -0.39 is 5.41 Å². The molecule has 0 radical (unpaired) electrons. The van der Waals surface area contributed by atoms with Crippen LogP contribution in [0.5, 0.6) is 0 Å². The molecule has 3 aliphatic carbocycles. The fraction of sp³-hybridized carbons (Fsp3) is 0.0571. The molecule has 72 heavy (non-hydrogen) atoms. The van der Waals surface area contributed by atoms with Crippen LogP contribution in [-0.2, 0) is 10.8 Å². The maximum absolute atomic E-state index is 2.54. The molecule has 0 fully saturated rings. The molecule has 11 aromatic carbocycles. The molecule has 1 unspecified atom stereocenters. The highest BCUT2D eigenvalue weighted by Crippen LogP contribution is 2.65. The van der Waals surface area contributed by atoms with Gasteiger partial charge in [-0.1, -0.05) is 214 Å².